The highest BCUT2D eigenvalue weighted by atomic mass is 14.7. The van der Waals surface area contributed by atoms with Crippen LogP contribution in [0.5, 0.6) is 0 Å². The van der Waals surface area contributed by atoms with Crippen molar-refractivity contribution in [2.75, 3.05) is 5.73 Å². The highest BCUT2D eigenvalue weighted by Gasteiger charge is 2.03. The lowest BCUT2D eigenvalue weighted by molar-refractivity contribution is 1.47. The van der Waals surface area contributed by atoms with Gasteiger partial charge >= 0.3 is 0 Å². The zero-order valence-electron chi connectivity index (χ0n) is 8.77. The van der Waals surface area contributed by atoms with Gasteiger partial charge < -0.3 is 10.7 Å². The molecule has 3 aromatic rings. The lowest BCUT2D eigenvalue weighted by atomic mass is 10.0. The molecule has 0 saturated heterocycles. The SMILES string of the molecule is Nc1ccc(-c2cccc3cc[nH]c23)cc1. The number of benzene rings is 2. The molecule has 0 spiro atoms. The minimum atomic E-state index is 0.794. The molecule has 3 rings (SSSR count). The first-order valence-electron chi connectivity index (χ1n) is 5.26. The number of anilines is 1. The number of nitrogens with two attached hydrogens (primary N) is 1. The summed E-state index contributed by atoms with van der Waals surface area (Å²) < 4.78 is 0. The Morgan fingerprint density at radius 1 is 0.875 bits per heavy atom. The summed E-state index contributed by atoms with van der Waals surface area (Å²) in [4.78, 5) is 3.27. The van der Waals surface area contributed by atoms with Gasteiger partial charge in [-0.25, -0.2) is 0 Å². The molecule has 2 aromatic carbocycles. The molecule has 3 N–H and O–H groups in total. The first-order valence-corrected chi connectivity index (χ1v) is 5.26. The number of hydrogen-bond donors (Lipinski definition) is 2. The fraction of sp³-hybridized carbons (Fsp3) is 0. The fourth-order valence-corrected chi connectivity index (χ4v) is 1.99. The van der Waals surface area contributed by atoms with Crippen LogP contribution >= 0.6 is 0 Å². The van der Waals surface area contributed by atoms with Gasteiger partial charge in [0.05, 0.1) is 5.52 Å². The molecule has 0 fully saturated rings. The summed E-state index contributed by atoms with van der Waals surface area (Å²) in [7, 11) is 0. The van der Waals surface area contributed by atoms with Crippen LogP contribution in [0.15, 0.2) is 54.7 Å². The number of rotatable bonds is 1. The lowest BCUT2D eigenvalue weighted by Crippen LogP contribution is -1.84. The zero-order chi connectivity index (χ0) is 11.0. The molecule has 2 nitrogen and oxygen atoms in total. The molecule has 1 heterocycles. The van der Waals surface area contributed by atoms with Gasteiger partial charge in [-0.1, -0.05) is 30.3 Å². The number of H-pyrrole nitrogens is 1. The Bertz CT molecular complexity index is 621. The van der Waals surface area contributed by atoms with Gasteiger partial charge in [-0.2, -0.15) is 0 Å². The number of aromatic nitrogens is 1. The number of para-hydroxylation sites is 1. The molecule has 0 radical (unpaired) electrons. The van der Waals surface area contributed by atoms with E-state index in [1.165, 1.54) is 22.0 Å². The van der Waals surface area contributed by atoms with Gasteiger partial charge in [0.15, 0.2) is 0 Å². The Balaban J connectivity index is 2.25. The second kappa shape index (κ2) is 3.42. The molecule has 1 aromatic heterocycles. The average Bonchev–Trinajstić information content (AvgIpc) is 2.78. The van der Waals surface area contributed by atoms with E-state index in [-0.39, 0.29) is 0 Å². The van der Waals surface area contributed by atoms with Crippen molar-refractivity contribution in [2.24, 2.45) is 0 Å². The van der Waals surface area contributed by atoms with Gasteiger partial charge in [-0.15, -0.1) is 0 Å². The number of hydrogen-bond acceptors (Lipinski definition) is 1. The molecule has 0 aliphatic heterocycles. The van der Waals surface area contributed by atoms with Crippen LogP contribution in [-0.4, -0.2) is 4.98 Å². The molecule has 0 aliphatic carbocycles. The van der Waals surface area contributed by atoms with E-state index in [9.17, 15) is 0 Å². The zero-order valence-corrected chi connectivity index (χ0v) is 8.77. The third-order valence-corrected chi connectivity index (χ3v) is 2.81. The molecule has 2 heteroatoms. The Morgan fingerprint density at radius 3 is 2.50 bits per heavy atom. The second-order valence-electron chi connectivity index (χ2n) is 3.87. The first-order chi connectivity index (χ1) is 7.84. The van der Waals surface area contributed by atoms with Crippen LogP contribution in [0.1, 0.15) is 0 Å². The molecule has 0 unspecified atom stereocenters. The summed E-state index contributed by atoms with van der Waals surface area (Å²) in [5.41, 5.74) is 10.1. The summed E-state index contributed by atoms with van der Waals surface area (Å²) in [6.07, 6.45) is 1.96. The van der Waals surface area contributed by atoms with Gasteiger partial charge in [-0.05, 0) is 29.1 Å². The van der Waals surface area contributed by atoms with E-state index in [1.54, 1.807) is 0 Å². The Hall–Kier alpha value is -2.22. The summed E-state index contributed by atoms with van der Waals surface area (Å²) in [6, 6.07) is 16.3. The quantitative estimate of drug-likeness (QED) is 0.591. The summed E-state index contributed by atoms with van der Waals surface area (Å²) >= 11 is 0. The third kappa shape index (κ3) is 1.36. The van der Waals surface area contributed by atoms with E-state index in [0.717, 1.165) is 5.69 Å². The molecule has 0 atom stereocenters. The molecular formula is C14H12N2. The Kier molecular flexibility index (Phi) is 1.93. The van der Waals surface area contributed by atoms with Crippen LogP contribution in [0.2, 0.25) is 0 Å². The first kappa shape index (κ1) is 9.04. The van der Waals surface area contributed by atoms with Crippen LogP contribution in [0.25, 0.3) is 22.0 Å². The molecule has 0 bridgehead atoms. The smallest absolute Gasteiger partial charge is 0.0533 e. The number of fused-ring (bicyclic) bond motifs is 1. The fourth-order valence-electron chi connectivity index (χ4n) is 1.99. The van der Waals surface area contributed by atoms with Crippen LogP contribution in [0.3, 0.4) is 0 Å². The van der Waals surface area contributed by atoms with E-state index in [2.05, 4.69) is 29.2 Å². The summed E-state index contributed by atoms with van der Waals surface area (Å²) in [5.74, 6) is 0. The maximum atomic E-state index is 5.69. The average molecular weight is 208 g/mol. The van der Waals surface area contributed by atoms with E-state index in [0.29, 0.717) is 0 Å². The topological polar surface area (TPSA) is 41.8 Å². The largest absolute Gasteiger partial charge is 0.399 e. The van der Waals surface area contributed by atoms with Crippen molar-refractivity contribution in [1.29, 1.82) is 0 Å². The highest BCUT2D eigenvalue weighted by molar-refractivity contribution is 5.94. The third-order valence-electron chi connectivity index (χ3n) is 2.81. The van der Waals surface area contributed by atoms with Gasteiger partial charge in [0.2, 0.25) is 0 Å². The van der Waals surface area contributed by atoms with Crippen molar-refractivity contribution in [2.45, 2.75) is 0 Å². The number of nitrogens with one attached hydrogen (secondary N) is 1. The van der Waals surface area contributed by atoms with Crippen molar-refractivity contribution < 1.29 is 0 Å². The van der Waals surface area contributed by atoms with Crippen molar-refractivity contribution in [3.63, 3.8) is 0 Å². The summed E-state index contributed by atoms with van der Waals surface area (Å²) in [6.45, 7) is 0. The predicted molar refractivity (Wildman–Crippen MR) is 68.1 cm³/mol. The van der Waals surface area contributed by atoms with E-state index >= 15 is 0 Å². The molecule has 0 amide bonds. The second-order valence-corrected chi connectivity index (χ2v) is 3.87. The molecular weight excluding hydrogens is 196 g/mol. The van der Waals surface area contributed by atoms with Crippen LogP contribution in [-0.2, 0) is 0 Å². The molecule has 0 aliphatic rings. The molecule has 78 valence electrons. The Labute approximate surface area is 93.7 Å². The predicted octanol–water partition coefficient (Wildman–Crippen LogP) is 3.42. The van der Waals surface area contributed by atoms with Crippen molar-refractivity contribution in [3.05, 3.63) is 54.7 Å². The van der Waals surface area contributed by atoms with E-state index < -0.39 is 0 Å². The molecule has 0 saturated carbocycles. The van der Waals surface area contributed by atoms with Gasteiger partial charge in [0.1, 0.15) is 0 Å². The van der Waals surface area contributed by atoms with E-state index in [4.69, 9.17) is 5.73 Å². The monoisotopic (exact) mass is 208 g/mol. The van der Waals surface area contributed by atoms with Crippen LogP contribution in [0.4, 0.5) is 5.69 Å². The highest BCUT2D eigenvalue weighted by Crippen LogP contribution is 2.27. The van der Waals surface area contributed by atoms with Gasteiger partial charge in [0.25, 0.3) is 0 Å². The van der Waals surface area contributed by atoms with Crippen molar-refractivity contribution in [3.8, 4) is 11.1 Å². The lowest BCUT2D eigenvalue weighted by Gasteiger charge is -2.04. The van der Waals surface area contributed by atoms with Gasteiger partial charge in [-0.3, -0.25) is 0 Å². The minimum absolute atomic E-state index is 0.794. The minimum Gasteiger partial charge on any atom is -0.399 e. The normalized spacial score (nSPS) is 10.8. The van der Waals surface area contributed by atoms with Crippen molar-refractivity contribution >= 4 is 16.6 Å². The maximum absolute atomic E-state index is 5.69. The Morgan fingerprint density at radius 2 is 1.69 bits per heavy atom. The summed E-state index contributed by atoms with van der Waals surface area (Å²) in [5, 5.41) is 1.23. The standard InChI is InChI=1S/C14H12N2/c15-12-6-4-10(5-7-12)13-3-1-2-11-8-9-16-14(11)13/h1-9,16H,15H2. The van der Waals surface area contributed by atoms with Crippen LogP contribution in [0, 0.1) is 0 Å². The van der Waals surface area contributed by atoms with Gasteiger partial charge in [0, 0.05) is 17.4 Å². The number of aromatic amines is 1. The van der Waals surface area contributed by atoms with E-state index in [1.807, 2.05) is 30.5 Å². The van der Waals surface area contributed by atoms with Crippen LogP contribution < -0.4 is 5.73 Å². The maximum Gasteiger partial charge on any atom is 0.0533 e. The number of nitrogen functional groups attached to an aromatic ring is 1. The van der Waals surface area contributed by atoms with Crippen molar-refractivity contribution in [1.82, 2.24) is 4.98 Å². The molecule has 16 heavy (non-hydrogen) atoms.